The van der Waals surface area contributed by atoms with E-state index in [1.807, 2.05) is 0 Å². The Morgan fingerprint density at radius 1 is 0.322 bits per heavy atom. The first-order valence-electron chi connectivity index (χ1n) is 20.5. The molecule has 274 valence electrons. The van der Waals surface area contributed by atoms with Crippen LogP contribution >= 0.6 is 0 Å². The molecule has 0 N–H and O–H groups in total. The van der Waals surface area contributed by atoms with Gasteiger partial charge in [0.1, 0.15) is 0 Å². The summed E-state index contributed by atoms with van der Waals surface area (Å²) in [5.41, 5.74) is 17.2. The van der Waals surface area contributed by atoms with Gasteiger partial charge in [-0.3, -0.25) is 0 Å². The summed E-state index contributed by atoms with van der Waals surface area (Å²) in [6.07, 6.45) is 0. The van der Waals surface area contributed by atoms with Crippen LogP contribution in [0.25, 0.3) is 71.3 Å². The summed E-state index contributed by atoms with van der Waals surface area (Å²) in [5.74, 6) is 0. The molecule has 2 heteroatoms. The fraction of sp³-hybridized carbons (Fsp3) is 0.0175. The number of aromatic nitrogens is 1. The van der Waals surface area contributed by atoms with Gasteiger partial charge in [0.15, 0.2) is 0 Å². The molecule has 2 nitrogen and oxygen atoms in total. The molecule has 2 aliphatic rings. The van der Waals surface area contributed by atoms with Gasteiger partial charge < -0.3 is 9.47 Å². The maximum absolute atomic E-state index is 2.48. The quantitative estimate of drug-likeness (QED) is 0.164. The lowest BCUT2D eigenvalue weighted by Gasteiger charge is -2.52. The Balaban J connectivity index is 0.989. The second-order valence-electron chi connectivity index (χ2n) is 16.1. The second kappa shape index (κ2) is 12.2. The maximum atomic E-state index is 2.48. The van der Waals surface area contributed by atoms with Crippen molar-refractivity contribution < 1.29 is 0 Å². The normalized spacial score (nSPS) is 13.2. The molecule has 0 atom stereocenters. The zero-order valence-electron chi connectivity index (χ0n) is 32.2. The second-order valence-corrected chi connectivity index (χ2v) is 16.1. The van der Waals surface area contributed by atoms with E-state index in [1.165, 1.54) is 93.5 Å². The molecule has 0 bridgehead atoms. The van der Waals surface area contributed by atoms with Gasteiger partial charge >= 0.3 is 0 Å². The van der Waals surface area contributed by atoms with E-state index >= 15 is 0 Å². The van der Waals surface area contributed by atoms with E-state index in [1.54, 1.807) is 0 Å². The minimum absolute atomic E-state index is 0.208. The summed E-state index contributed by atoms with van der Waals surface area (Å²) >= 11 is 0. The van der Waals surface area contributed by atoms with E-state index in [0.29, 0.717) is 0 Å². The van der Waals surface area contributed by atoms with Gasteiger partial charge in [0, 0.05) is 33.5 Å². The van der Waals surface area contributed by atoms with Crippen LogP contribution in [0.2, 0.25) is 0 Å². The third-order valence-corrected chi connectivity index (χ3v) is 13.1. The van der Waals surface area contributed by atoms with Crippen molar-refractivity contribution in [1.82, 2.24) is 4.57 Å². The number of para-hydroxylation sites is 2. The molecule has 0 unspecified atom stereocenters. The maximum Gasteiger partial charge on any atom is 0.0726 e. The first-order chi connectivity index (χ1) is 29.3. The molecule has 10 aromatic carbocycles. The lowest BCUT2D eigenvalue weighted by molar-refractivity contribution is 0.701. The first kappa shape index (κ1) is 32.4. The largest absolute Gasteiger partial charge is 0.310 e. The molecular weight excluding hydrogens is 713 g/mol. The van der Waals surface area contributed by atoms with E-state index in [0.717, 1.165) is 17.1 Å². The van der Waals surface area contributed by atoms with E-state index in [9.17, 15) is 0 Å². The summed E-state index contributed by atoms with van der Waals surface area (Å²) in [6, 6.07) is 80.6. The third kappa shape index (κ3) is 4.46. The predicted molar refractivity (Wildman–Crippen MR) is 247 cm³/mol. The molecule has 1 heterocycles. The molecule has 0 radical (unpaired) electrons. The Labute approximate surface area is 342 Å². The van der Waals surface area contributed by atoms with Crippen LogP contribution in [0.3, 0.4) is 0 Å². The van der Waals surface area contributed by atoms with Crippen LogP contribution in [-0.2, 0) is 5.41 Å². The van der Waals surface area contributed by atoms with Crippen LogP contribution in [0, 0.1) is 0 Å². The van der Waals surface area contributed by atoms with Crippen molar-refractivity contribution >= 4 is 60.4 Å². The predicted octanol–water partition coefficient (Wildman–Crippen LogP) is 14.9. The molecule has 0 saturated carbocycles. The molecule has 0 aliphatic heterocycles. The van der Waals surface area contributed by atoms with Gasteiger partial charge in [0.2, 0.25) is 0 Å². The average molecular weight is 749 g/mol. The minimum Gasteiger partial charge on any atom is -0.310 e. The molecule has 11 aromatic rings. The van der Waals surface area contributed by atoms with Gasteiger partial charge in [-0.15, -0.1) is 0 Å². The van der Waals surface area contributed by atoms with Crippen molar-refractivity contribution in [1.29, 1.82) is 0 Å². The lowest BCUT2D eigenvalue weighted by Crippen LogP contribution is -2.43. The number of anilines is 3. The molecular formula is C57H36N2. The van der Waals surface area contributed by atoms with Crippen molar-refractivity contribution in [2.24, 2.45) is 0 Å². The van der Waals surface area contributed by atoms with Crippen LogP contribution in [0.1, 0.15) is 22.3 Å². The fourth-order valence-electron chi connectivity index (χ4n) is 10.6. The van der Waals surface area contributed by atoms with Crippen molar-refractivity contribution in [2.45, 2.75) is 5.41 Å². The van der Waals surface area contributed by atoms with Crippen molar-refractivity contribution in [3.05, 3.63) is 241 Å². The van der Waals surface area contributed by atoms with Gasteiger partial charge in [-0.25, -0.2) is 0 Å². The molecule has 0 fully saturated rings. The van der Waals surface area contributed by atoms with Crippen LogP contribution in [0.4, 0.5) is 17.1 Å². The molecule has 0 amide bonds. The number of benzene rings is 10. The van der Waals surface area contributed by atoms with Crippen LogP contribution in [-0.4, -0.2) is 4.57 Å². The molecule has 59 heavy (non-hydrogen) atoms. The topological polar surface area (TPSA) is 8.17 Å². The summed E-state index contributed by atoms with van der Waals surface area (Å²) < 4.78 is 2.38. The Kier molecular flexibility index (Phi) is 6.68. The van der Waals surface area contributed by atoms with Gasteiger partial charge in [0.05, 0.1) is 16.4 Å². The molecule has 0 saturated heterocycles. The summed E-state index contributed by atoms with van der Waals surface area (Å²) in [6.45, 7) is 0. The standard InChI is InChI=1S/C57H36N2/c1-3-13-37(14-4-1)38-27-30-44(31-28-38)58(46-34-42-18-12-25-51-56(42)52(36-46)57(51)49-23-10-15-39-16-11-24-50(57)55(39)49)45-21-9-17-40(33-45)41-29-32-54-48(35-41)47-22-7-8-26-53(47)59(54)43-19-5-2-6-20-43/h1-36H. The van der Waals surface area contributed by atoms with Gasteiger partial charge in [-0.1, -0.05) is 152 Å². The Hall–Kier alpha value is -7.68. The van der Waals surface area contributed by atoms with Crippen LogP contribution in [0.5, 0.6) is 0 Å². The van der Waals surface area contributed by atoms with Gasteiger partial charge in [-0.05, 0) is 133 Å². The fourth-order valence-corrected chi connectivity index (χ4v) is 10.6. The first-order valence-corrected chi connectivity index (χ1v) is 20.5. The number of hydrogen-bond donors (Lipinski definition) is 0. The molecule has 13 rings (SSSR count). The molecule has 1 aromatic heterocycles. The zero-order chi connectivity index (χ0) is 38.7. The number of fused-ring (bicyclic) bond motifs is 7. The van der Waals surface area contributed by atoms with E-state index in [4.69, 9.17) is 0 Å². The summed E-state index contributed by atoms with van der Waals surface area (Å²) in [7, 11) is 0. The van der Waals surface area contributed by atoms with Crippen molar-refractivity contribution in [2.75, 3.05) is 4.90 Å². The van der Waals surface area contributed by atoms with Crippen molar-refractivity contribution in [3.8, 4) is 27.9 Å². The minimum atomic E-state index is -0.208. The van der Waals surface area contributed by atoms with E-state index in [2.05, 4.69) is 228 Å². The Morgan fingerprint density at radius 3 is 1.66 bits per heavy atom. The smallest absolute Gasteiger partial charge is 0.0726 e. The SMILES string of the molecule is c1ccc(-c2ccc(N(c3cccc(-c4ccc5c(c4)c4ccccc4n5-c4ccccc4)c3)c3cc4c5c(cccc5c3)C43c4cccc5cccc3c45)cc2)cc1. The highest BCUT2D eigenvalue weighted by Gasteiger charge is 2.54. The Bertz CT molecular complexity index is 3450. The summed E-state index contributed by atoms with van der Waals surface area (Å²) in [5, 5.41) is 7.90. The number of nitrogens with zero attached hydrogens (tertiary/aromatic N) is 2. The van der Waals surface area contributed by atoms with E-state index < -0.39 is 0 Å². The highest BCUT2D eigenvalue weighted by Crippen LogP contribution is 2.65. The highest BCUT2D eigenvalue weighted by atomic mass is 15.1. The average Bonchev–Trinajstić information content (AvgIpc) is 3.63. The van der Waals surface area contributed by atoms with E-state index in [-0.39, 0.29) is 5.41 Å². The third-order valence-electron chi connectivity index (χ3n) is 13.1. The zero-order valence-corrected chi connectivity index (χ0v) is 32.2. The lowest BCUT2D eigenvalue weighted by atomic mass is 9.49. The van der Waals surface area contributed by atoms with Crippen molar-refractivity contribution in [3.63, 3.8) is 0 Å². The molecule has 1 spiro atoms. The Morgan fingerprint density at radius 2 is 0.898 bits per heavy atom. The number of hydrogen-bond acceptors (Lipinski definition) is 1. The monoisotopic (exact) mass is 748 g/mol. The van der Waals surface area contributed by atoms with Gasteiger partial charge in [0.25, 0.3) is 0 Å². The van der Waals surface area contributed by atoms with Crippen LogP contribution in [0.15, 0.2) is 218 Å². The number of rotatable bonds is 6. The molecule has 2 aliphatic carbocycles. The summed E-state index contributed by atoms with van der Waals surface area (Å²) in [4.78, 5) is 2.46. The highest BCUT2D eigenvalue weighted by molar-refractivity contribution is 6.13. The van der Waals surface area contributed by atoms with Gasteiger partial charge in [-0.2, -0.15) is 0 Å². The van der Waals surface area contributed by atoms with Crippen LogP contribution < -0.4 is 4.90 Å².